The highest BCUT2D eigenvalue weighted by Crippen LogP contribution is 2.16. The number of hydrogen-bond acceptors (Lipinski definition) is 4. The first-order valence-electron chi connectivity index (χ1n) is 6.13. The number of nitrogens with zero attached hydrogens (tertiary/aromatic N) is 1. The predicted octanol–water partition coefficient (Wildman–Crippen LogP) is 1.59. The lowest BCUT2D eigenvalue weighted by molar-refractivity contribution is -0.113. The second-order valence-corrected chi connectivity index (χ2v) is 5.47. The van der Waals surface area contributed by atoms with E-state index in [4.69, 9.17) is 0 Å². The Hall–Kier alpha value is -2.02. The number of aromatic amines is 2. The SMILES string of the molecule is Cc1ccc(NC(=O)CSCc2n[nH]c(=O)[nH]2)c(C)c1. The lowest BCUT2D eigenvalue weighted by atomic mass is 10.1. The Labute approximate surface area is 120 Å². The Kier molecular flexibility index (Phi) is 4.62. The van der Waals surface area contributed by atoms with E-state index in [-0.39, 0.29) is 11.6 Å². The molecule has 0 saturated carbocycles. The summed E-state index contributed by atoms with van der Waals surface area (Å²) >= 11 is 1.39. The average Bonchev–Trinajstić information content (AvgIpc) is 2.79. The van der Waals surface area contributed by atoms with Gasteiger partial charge in [-0.15, -0.1) is 11.8 Å². The minimum Gasteiger partial charge on any atom is -0.325 e. The molecular formula is C13H16N4O2S. The van der Waals surface area contributed by atoms with Gasteiger partial charge in [-0.3, -0.25) is 9.78 Å². The second kappa shape index (κ2) is 6.42. The van der Waals surface area contributed by atoms with Crippen molar-refractivity contribution < 1.29 is 4.79 Å². The molecular weight excluding hydrogens is 276 g/mol. The summed E-state index contributed by atoms with van der Waals surface area (Å²) in [4.78, 5) is 25.2. The molecule has 1 aromatic carbocycles. The minimum atomic E-state index is -0.333. The Balaban J connectivity index is 1.82. The van der Waals surface area contributed by atoms with Crippen LogP contribution in [-0.2, 0) is 10.5 Å². The molecule has 1 aromatic heterocycles. The van der Waals surface area contributed by atoms with E-state index in [1.54, 1.807) is 0 Å². The standard InChI is InChI=1S/C13H16N4O2S/c1-8-3-4-10(9(2)5-8)14-12(18)7-20-6-11-15-13(19)17-16-11/h3-5H,6-7H2,1-2H3,(H,14,18)(H2,15,16,17,19). The maximum absolute atomic E-state index is 11.8. The van der Waals surface area contributed by atoms with E-state index in [2.05, 4.69) is 20.5 Å². The summed E-state index contributed by atoms with van der Waals surface area (Å²) < 4.78 is 0. The summed E-state index contributed by atoms with van der Waals surface area (Å²) in [5.41, 5.74) is 2.70. The van der Waals surface area contributed by atoms with Crippen LogP contribution in [0.2, 0.25) is 0 Å². The molecule has 0 aliphatic heterocycles. The summed E-state index contributed by atoms with van der Waals surface area (Å²) in [6.45, 7) is 3.98. The number of nitrogens with one attached hydrogen (secondary N) is 3. The van der Waals surface area contributed by atoms with Gasteiger partial charge in [0, 0.05) is 5.69 Å². The van der Waals surface area contributed by atoms with Crippen molar-refractivity contribution in [2.24, 2.45) is 0 Å². The first-order chi connectivity index (χ1) is 9.54. The summed E-state index contributed by atoms with van der Waals surface area (Å²) in [5, 5.41) is 8.93. The van der Waals surface area contributed by atoms with Crippen LogP contribution in [0.25, 0.3) is 0 Å². The normalized spacial score (nSPS) is 10.5. The zero-order chi connectivity index (χ0) is 14.5. The van der Waals surface area contributed by atoms with Crippen molar-refractivity contribution in [2.45, 2.75) is 19.6 Å². The van der Waals surface area contributed by atoms with Crippen molar-refractivity contribution in [2.75, 3.05) is 11.1 Å². The van der Waals surface area contributed by atoms with Gasteiger partial charge in [0.15, 0.2) is 0 Å². The number of H-pyrrole nitrogens is 2. The second-order valence-electron chi connectivity index (χ2n) is 4.48. The van der Waals surface area contributed by atoms with Gasteiger partial charge < -0.3 is 5.32 Å². The van der Waals surface area contributed by atoms with Gasteiger partial charge in [-0.05, 0) is 25.5 Å². The fourth-order valence-electron chi connectivity index (χ4n) is 1.75. The highest BCUT2D eigenvalue weighted by Gasteiger charge is 2.06. The molecule has 0 radical (unpaired) electrons. The van der Waals surface area contributed by atoms with Crippen LogP contribution in [0.5, 0.6) is 0 Å². The summed E-state index contributed by atoms with van der Waals surface area (Å²) in [6, 6.07) is 5.89. The van der Waals surface area contributed by atoms with E-state index in [9.17, 15) is 9.59 Å². The molecule has 0 fully saturated rings. The predicted molar refractivity (Wildman–Crippen MR) is 79.9 cm³/mol. The highest BCUT2D eigenvalue weighted by molar-refractivity contribution is 7.99. The summed E-state index contributed by atoms with van der Waals surface area (Å²) in [6.07, 6.45) is 0. The van der Waals surface area contributed by atoms with Gasteiger partial charge in [-0.1, -0.05) is 17.7 Å². The zero-order valence-electron chi connectivity index (χ0n) is 11.3. The van der Waals surface area contributed by atoms with Crippen molar-refractivity contribution in [1.29, 1.82) is 0 Å². The van der Waals surface area contributed by atoms with Gasteiger partial charge in [0.05, 0.1) is 11.5 Å². The van der Waals surface area contributed by atoms with E-state index in [1.807, 2.05) is 32.0 Å². The van der Waals surface area contributed by atoms with Crippen molar-refractivity contribution in [3.8, 4) is 0 Å². The Morgan fingerprint density at radius 2 is 2.20 bits per heavy atom. The molecule has 0 atom stereocenters. The number of amides is 1. The molecule has 0 aliphatic rings. The summed E-state index contributed by atoms with van der Waals surface area (Å²) in [5.74, 6) is 1.26. The molecule has 20 heavy (non-hydrogen) atoms. The molecule has 2 rings (SSSR count). The van der Waals surface area contributed by atoms with Crippen LogP contribution < -0.4 is 11.0 Å². The van der Waals surface area contributed by atoms with Crippen LogP contribution in [0.3, 0.4) is 0 Å². The van der Waals surface area contributed by atoms with Gasteiger partial charge in [-0.2, -0.15) is 5.10 Å². The fourth-order valence-corrected chi connectivity index (χ4v) is 2.44. The number of thioether (sulfide) groups is 1. The van der Waals surface area contributed by atoms with Gasteiger partial charge in [0.1, 0.15) is 5.82 Å². The van der Waals surface area contributed by atoms with Crippen molar-refractivity contribution in [3.05, 3.63) is 45.6 Å². The number of aryl methyl sites for hydroxylation is 2. The van der Waals surface area contributed by atoms with Crippen molar-refractivity contribution in [3.63, 3.8) is 0 Å². The quantitative estimate of drug-likeness (QED) is 0.780. The van der Waals surface area contributed by atoms with Crippen LogP contribution in [0.15, 0.2) is 23.0 Å². The molecule has 0 unspecified atom stereocenters. The summed E-state index contributed by atoms with van der Waals surface area (Å²) in [7, 11) is 0. The van der Waals surface area contributed by atoms with Crippen LogP contribution in [0.1, 0.15) is 17.0 Å². The molecule has 0 spiro atoms. The first kappa shape index (κ1) is 14.4. The van der Waals surface area contributed by atoms with Crippen LogP contribution in [-0.4, -0.2) is 26.8 Å². The molecule has 3 N–H and O–H groups in total. The number of hydrogen-bond donors (Lipinski definition) is 3. The molecule has 1 amide bonds. The van der Waals surface area contributed by atoms with Crippen LogP contribution in [0.4, 0.5) is 5.69 Å². The maximum Gasteiger partial charge on any atom is 0.340 e. The molecule has 6 nitrogen and oxygen atoms in total. The molecule has 0 saturated heterocycles. The van der Waals surface area contributed by atoms with Gasteiger partial charge in [0.25, 0.3) is 0 Å². The molecule has 0 aliphatic carbocycles. The lowest BCUT2D eigenvalue weighted by Gasteiger charge is -2.08. The van der Waals surface area contributed by atoms with Crippen LogP contribution >= 0.6 is 11.8 Å². The topological polar surface area (TPSA) is 90.6 Å². The highest BCUT2D eigenvalue weighted by atomic mass is 32.2. The van der Waals surface area contributed by atoms with Crippen molar-refractivity contribution in [1.82, 2.24) is 15.2 Å². The van der Waals surface area contributed by atoms with E-state index >= 15 is 0 Å². The number of aromatic nitrogens is 3. The minimum absolute atomic E-state index is 0.0696. The first-order valence-corrected chi connectivity index (χ1v) is 7.28. The third-order valence-electron chi connectivity index (χ3n) is 2.68. The Morgan fingerprint density at radius 3 is 2.85 bits per heavy atom. The monoisotopic (exact) mass is 292 g/mol. The number of benzene rings is 1. The molecule has 1 heterocycles. The van der Waals surface area contributed by atoms with Gasteiger partial charge in [-0.25, -0.2) is 9.89 Å². The molecule has 2 aromatic rings. The molecule has 106 valence electrons. The van der Waals surface area contributed by atoms with E-state index in [0.717, 1.165) is 16.8 Å². The number of rotatable bonds is 5. The largest absolute Gasteiger partial charge is 0.340 e. The number of carbonyl (C=O) groups is 1. The van der Waals surface area contributed by atoms with Gasteiger partial charge in [0.2, 0.25) is 5.91 Å². The van der Waals surface area contributed by atoms with E-state index in [0.29, 0.717) is 17.3 Å². The fraction of sp³-hybridized carbons (Fsp3) is 0.308. The Bertz CT molecular complexity index is 662. The Morgan fingerprint density at radius 1 is 1.40 bits per heavy atom. The molecule has 0 bridgehead atoms. The third kappa shape index (κ3) is 3.99. The maximum atomic E-state index is 11.8. The third-order valence-corrected chi connectivity index (χ3v) is 3.62. The number of carbonyl (C=O) groups excluding carboxylic acids is 1. The van der Waals surface area contributed by atoms with Crippen LogP contribution in [0, 0.1) is 13.8 Å². The lowest BCUT2D eigenvalue weighted by Crippen LogP contribution is -2.15. The van der Waals surface area contributed by atoms with Crippen molar-refractivity contribution >= 4 is 23.4 Å². The van der Waals surface area contributed by atoms with E-state index < -0.39 is 0 Å². The zero-order valence-corrected chi connectivity index (χ0v) is 12.1. The number of anilines is 1. The van der Waals surface area contributed by atoms with Gasteiger partial charge >= 0.3 is 5.69 Å². The molecule has 7 heteroatoms. The average molecular weight is 292 g/mol. The smallest absolute Gasteiger partial charge is 0.325 e. The van der Waals surface area contributed by atoms with E-state index in [1.165, 1.54) is 11.8 Å².